The molecule has 0 spiro atoms. The minimum absolute atomic E-state index is 0.00438. The molecule has 1 fully saturated rings. The second kappa shape index (κ2) is 5.29. The maximum Gasteiger partial charge on any atom is 0.167 e. The van der Waals surface area contributed by atoms with E-state index in [0.717, 1.165) is 19.3 Å². The molecule has 18 heavy (non-hydrogen) atoms. The molecule has 0 saturated heterocycles. The molecule has 0 bridgehead atoms. The first-order valence-corrected chi connectivity index (χ1v) is 6.55. The largest absolute Gasteiger partial charge is 0.496 e. The van der Waals surface area contributed by atoms with Crippen LogP contribution in [0.15, 0.2) is 18.2 Å². The summed E-state index contributed by atoms with van der Waals surface area (Å²) in [5.74, 6) is 0.649. The number of carbonyl (C=O) groups excluding carboxylic acids is 1. The van der Waals surface area contributed by atoms with Gasteiger partial charge in [0.05, 0.1) is 12.7 Å². The number of benzene rings is 1. The van der Waals surface area contributed by atoms with Crippen LogP contribution in [0.1, 0.15) is 36.0 Å². The van der Waals surface area contributed by atoms with E-state index < -0.39 is 0 Å². The molecule has 0 heterocycles. The van der Waals surface area contributed by atoms with Crippen LogP contribution in [-0.4, -0.2) is 19.4 Å². The summed E-state index contributed by atoms with van der Waals surface area (Å²) >= 11 is 5.94. The van der Waals surface area contributed by atoms with E-state index in [1.165, 1.54) is 0 Å². The summed E-state index contributed by atoms with van der Waals surface area (Å²) in [6.07, 6.45) is 3.73. The molecule has 1 saturated carbocycles. The van der Waals surface area contributed by atoms with Gasteiger partial charge in [-0.25, -0.2) is 0 Å². The Morgan fingerprint density at radius 3 is 2.72 bits per heavy atom. The molecule has 0 radical (unpaired) electrons. The molecule has 98 valence electrons. The monoisotopic (exact) mass is 267 g/mol. The fraction of sp³-hybridized carbons (Fsp3) is 0.500. The van der Waals surface area contributed by atoms with Crippen molar-refractivity contribution in [2.75, 3.05) is 13.7 Å². The maximum absolute atomic E-state index is 12.3. The van der Waals surface area contributed by atoms with Crippen molar-refractivity contribution in [1.82, 2.24) is 0 Å². The van der Waals surface area contributed by atoms with Gasteiger partial charge in [0.1, 0.15) is 5.75 Å². The molecule has 1 aliphatic carbocycles. The van der Waals surface area contributed by atoms with Crippen molar-refractivity contribution in [2.24, 2.45) is 11.1 Å². The summed E-state index contributed by atoms with van der Waals surface area (Å²) in [5.41, 5.74) is 6.35. The molecule has 0 amide bonds. The number of carbonyl (C=O) groups is 1. The topological polar surface area (TPSA) is 52.3 Å². The lowest BCUT2D eigenvalue weighted by Crippen LogP contribution is -2.39. The number of Topliss-reactive ketones (excluding diaryl/α,β-unsaturated/α-hetero) is 1. The van der Waals surface area contributed by atoms with E-state index in [1.807, 2.05) is 0 Å². The van der Waals surface area contributed by atoms with Crippen molar-refractivity contribution in [3.05, 3.63) is 28.8 Å². The molecule has 4 heteroatoms. The van der Waals surface area contributed by atoms with Crippen LogP contribution in [0.3, 0.4) is 0 Å². The van der Waals surface area contributed by atoms with Gasteiger partial charge >= 0.3 is 0 Å². The molecule has 0 unspecified atom stereocenters. The maximum atomic E-state index is 12.3. The molecule has 2 N–H and O–H groups in total. The Morgan fingerprint density at radius 1 is 1.50 bits per heavy atom. The van der Waals surface area contributed by atoms with Gasteiger partial charge in [-0.15, -0.1) is 0 Å². The van der Waals surface area contributed by atoms with E-state index in [9.17, 15) is 4.79 Å². The average Bonchev–Trinajstić information content (AvgIpc) is 2.33. The lowest BCUT2D eigenvalue weighted by molar-refractivity contribution is 0.0783. The zero-order valence-electron chi connectivity index (χ0n) is 10.5. The highest BCUT2D eigenvalue weighted by Gasteiger charge is 2.38. The van der Waals surface area contributed by atoms with Crippen LogP contribution in [0.5, 0.6) is 5.75 Å². The van der Waals surface area contributed by atoms with Gasteiger partial charge in [0.15, 0.2) is 5.78 Å². The van der Waals surface area contributed by atoms with Crippen LogP contribution < -0.4 is 10.5 Å². The van der Waals surface area contributed by atoms with Gasteiger partial charge in [-0.3, -0.25) is 4.79 Å². The normalized spacial score (nSPS) is 17.1. The second-order valence-electron chi connectivity index (χ2n) is 5.00. The van der Waals surface area contributed by atoms with Crippen molar-refractivity contribution in [2.45, 2.75) is 25.7 Å². The molecule has 2 rings (SSSR count). The lowest BCUT2D eigenvalue weighted by atomic mass is 9.65. The van der Waals surface area contributed by atoms with E-state index in [4.69, 9.17) is 22.1 Å². The number of ether oxygens (including phenoxy) is 1. The first kappa shape index (κ1) is 13.4. The quantitative estimate of drug-likeness (QED) is 0.835. The van der Waals surface area contributed by atoms with E-state index in [1.54, 1.807) is 25.3 Å². The Labute approximate surface area is 112 Å². The van der Waals surface area contributed by atoms with Crippen LogP contribution >= 0.6 is 11.6 Å². The number of hydrogen-bond acceptors (Lipinski definition) is 3. The lowest BCUT2D eigenvalue weighted by Gasteiger charge is -2.40. The number of rotatable bonds is 5. The molecular weight excluding hydrogens is 250 g/mol. The molecule has 3 nitrogen and oxygen atoms in total. The zero-order chi connectivity index (χ0) is 13.2. The Kier molecular flexibility index (Phi) is 3.93. The van der Waals surface area contributed by atoms with Gasteiger partial charge in [0.25, 0.3) is 0 Å². The predicted octanol–water partition coefficient (Wildman–Crippen LogP) is 3.05. The van der Waals surface area contributed by atoms with Gasteiger partial charge in [-0.05, 0) is 43.0 Å². The van der Waals surface area contributed by atoms with Crippen molar-refractivity contribution in [3.63, 3.8) is 0 Å². The second-order valence-corrected chi connectivity index (χ2v) is 5.44. The third kappa shape index (κ3) is 2.52. The molecule has 0 aromatic heterocycles. The summed E-state index contributed by atoms with van der Waals surface area (Å²) in [5, 5.41) is 0.551. The van der Waals surface area contributed by atoms with Gasteiger partial charge in [-0.2, -0.15) is 0 Å². The Morgan fingerprint density at radius 2 is 2.22 bits per heavy atom. The Balaban J connectivity index is 2.20. The van der Waals surface area contributed by atoms with Gasteiger partial charge in [0, 0.05) is 11.4 Å². The summed E-state index contributed by atoms with van der Waals surface area (Å²) in [6.45, 7) is 0.571. The molecular formula is C14H18ClNO2. The molecule has 1 aromatic rings. The summed E-state index contributed by atoms with van der Waals surface area (Å²) in [7, 11) is 1.56. The zero-order valence-corrected chi connectivity index (χ0v) is 11.3. The van der Waals surface area contributed by atoms with Crippen LogP contribution in [0.4, 0.5) is 0 Å². The molecule has 0 atom stereocenters. The van der Waals surface area contributed by atoms with Crippen LogP contribution in [-0.2, 0) is 0 Å². The third-order valence-corrected chi connectivity index (χ3v) is 4.08. The van der Waals surface area contributed by atoms with Crippen LogP contribution in [0.25, 0.3) is 0 Å². The highest BCUT2D eigenvalue weighted by Crippen LogP contribution is 2.44. The van der Waals surface area contributed by atoms with Crippen LogP contribution in [0.2, 0.25) is 5.02 Å². The highest BCUT2D eigenvalue weighted by atomic mass is 35.5. The van der Waals surface area contributed by atoms with E-state index >= 15 is 0 Å². The van der Waals surface area contributed by atoms with Gasteiger partial charge in [0.2, 0.25) is 0 Å². The van der Waals surface area contributed by atoms with Gasteiger partial charge in [-0.1, -0.05) is 18.0 Å². The van der Waals surface area contributed by atoms with Crippen molar-refractivity contribution in [3.8, 4) is 5.75 Å². The fourth-order valence-corrected chi connectivity index (χ4v) is 2.64. The number of halogens is 1. The predicted molar refractivity (Wildman–Crippen MR) is 72.3 cm³/mol. The molecule has 0 aliphatic heterocycles. The smallest absolute Gasteiger partial charge is 0.167 e. The Bertz CT molecular complexity index is 450. The van der Waals surface area contributed by atoms with Crippen molar-refractivity contribution < 1.29 is 9.53 Å². The number of ketones is 1. The number of nitrogens with two attached hydrogens (primary N) is 1. The number of methoxy groups -OCH3 is 1. The molecule has 1 aromatic carbocycles. The summed E-state index contributed by atoms with van der Waals surface area (Å²) in [6, 6.07) is 5.12. The van der Waals surface area contributed by atoms with Crippen molar-refractivity contribution in [1.29, 1.82) is 0 Å². The summed E-state index contributed by atoms with van der Waals surface area (Å²) < 4.78 is 5.21. The van der Waals surface area contributed by atoms with Gasteiger partial charge < -0.3 is 10.5 Å². The van der Waals surface area contributed by atoms with Crippen molar-refractivity contribution >= 4 is 17.4 Å². The fourth-order valence-electron chi connectivity index (χ4n) is 2.46. The van der Waals surface area contributed by atoms with E-state index in [0.29, 0.717) is 29.3 Å². The average molecular weight is 268 g/mol. The molecule has 1 aliphatic rings. The van der Waals surface area contributed by atoms with E-state index in [2.05, 4.69) is 0 Å². The standard InChI is InChI=1S/C14H18ClNO2/c1-18-13-4-3-10(15)7-11(13)12(17)8-14(9-16)5-2-6-14/h3-4,7H,2,5-6,8-9,16H2,1H3. The highest BCUT2D eigenvalue weighted by molar-refractivity contribution is 6.31. The third-order valence-electron chi connectivity index (χ3n) is 3.84. The minimum Gasteiger partial charge on any atom is -0.496 e. The first-order valence-electron chi connectivity index (χ1n) is 6.17. The summed E-state index contributed by atoms with van der Waals surface area (Å²) in [4.78, 5) is 12.3. The SMILES string of the molecule is COc1ccc(Cl)cc1C(=O)CC1(CN)CCC1. The van der Waals surface area contributed by atoms with E-state index in [-0.39, 0.29) is 11.2 Å². The minimum atomic E-state index is 0.00438. The Hall–Kier alpha value is -1.06. The number of hydrogen-bond donors (Lipinski definition) is 1. The first-order chi connectivity index (χ1) is 8.60. The van der Waals surface area contributed by atoms with Crippen LogP contribution in [0, 0.1) is 5.41 Å².